The molecule has 15 nitrogen and oxygen atoms in total. The largest absolute Gasteiger partial charge is 0.478 e. The number of nitrogens with zero attached hydrogens (tertiary/aromatic N) is 8. The number of amides is 2. The summed E-state index contributed by atoms with van der Waals surface area (Å²) in [5.41, 5.74) is -1.21. The van der Waals surface area contributed by atoms with E-state index >= 15 is 0 Å². The van der Waals surface area contributed by atoms with Crippen molar-refractivity contribution in [3.63, 3.8) is 0 Å². The van der Waals surface area contributed by atoms with Gasteiger partial charge >= 0.3 is 17.8 Å². The molecule has 1 aliphatic heterocycles. The molecule has 0 radical (unpaired) electrons. The van der Waals surface area contributed by atoms with Crippen LogP contribution in [0.3, 0.4) is 0 Å². The van der Waals surface area contributed by atoms with Crippen LogP contribution in [0.5, 0.6) is 0 Å². The summed E-state index contributed by atoms with van der Waals surface area (Å²) in [5.74, 6) is -3.86. The Morgan fingerprint density at radius 3 is 2.50 bits per heavy atom. The molecule has 3 N–H and O–H groups in total. The molecule has 0 aliphatic carbocycles. The van der Waals surface area contributed by atoms with E-state index in [2.05, 4.69) is 25.5 Å². The molecular weight excluding hydrogens is 615 g/mol. The standard InChI is InChI=1S/C25H21ClF3N9O6/c26-14-5-3-13(4-6-14)19-34-37(24(44)36(19)10-16(39)25(27,28)29)11-17-32-21(22(41)35-9-8-30-18(40)12-35)38(33-17)20-15(23(42)43)2-1-7-31-20/h1-7,16,39H,8-12H2,(H,30,40)(H,42,43)/t16-/m0/s1. The number of alkyl halides is 3. The molecule has 5 rings (SSSR count). The highest BCUT2D eigenvalue weighted by Crippen LogP contribution is 2.24. The predicted octanol–water partition coefficient (Wildman–Crippen LogP) is 0.583. The molecule has 1 aromatic carbocycles. The van der Waals surface area contributed by atoms with Crippen molar-refractivity contribution >= 4 is 29.4 Å². The molecule has 2 amide bonds. The Morgan fingerprint density at radius 2 is 1.84 bits per heavy atom. The molecule has 230 valence electrons. The van der Waals surface area contributed by atoms with Crippen LogP contribution in [0.4, 0.5) is 13.2 Å². The second-order valence-electron chi connectivity index (χ2n) is 9.46. The minimum atomic E-state index is -5.04. The Labute approximate surface area is 249 Å². The van der Waals surface area contributed by atoms with Crippen LogP contribution in [0.2, 0.25) is 5.02 Å². The Bertz CT molecular complexity index is 1800. The normalized spacial score (nSPS) is 14.4. The highest BCUT2D eigenvalue weighted by atomic mass is 35.5. The van der Waals surface area contributed by atoms with Crippen LogP contribution in [0, 0.1) is 0 Å². The van der Waals surface area contributed by atoms with Crippen molar-refractivity contribution in [1.82, 2.24) is 44.3 Å². The molecule has 0 unspecified atom stereocenters. The average molecular weight is 636 g/mol. The molecule has 44 heavy (non-hydrogen) atoms. The average Bonchev–Trinajstić information content (AvgIpc) is 3.53. The summed E-state index contributed by atoms with van der Waals surface area (Å²) < 4.78 is 41.9. The van der Waals surface area contributed by atoms with Crippen LogP contribution in [-0.4, -0.2) is 98.9 Å². The molecule has 0 saturated carbocycles. The SMILES string of the molecule is O=C1CN(C(=O)c2nc(Cn3nc(-c4ccc(Cl)cc4)n(C[C@H](O)C(F)(F)F)c3=O)nn2-c2ncccc2C(=O)O)CCN1. The number of nitrogens with one attached hydrogen (secondary N) is 1. The van der Waals surface area contributed by atoms with E-state index in [1.54, 1.807) is 0 Å². The Kier molecular flexibility index (Phi) is 8.20. The first-order valence-electron chi connectivity index (χ1n) is 12.7. The van der Waals surface area contributed by atoms with Crippen molar-refractivity contribution in [2.75, 3.05) is 19.6 Å². The number of aliphatic hydroxyl groups is 1. The second-order valence-corrected chi connectivity index (χ2v) is 9.89. The van der Waals surface area contributed by atoms with E-state index in [0.29, 0.717) is 9.59 Å². The van der Waals surface area contributed by atoms with Crippen LogP contribution in [0.15, 0.2) is 47.4 Å². The first kappa shape index (κ1) is 30.4. The number of carbonyl (C=O) groups excluding carboxylic acids is 2. The molecule has 1 saturated heterocycles. The van der Waals surface area contributed by atoms with Gasteiger partial charge in [-0.25, -0.2) is 24.2 Å². The van der Waals surface area contributed by atoms with E-state index in [-0.39, 0.29) is 48.2 Å². The van der Waals surface area contributed by atoms with Crippen LogP contribution >= 0.6 is 11.6 Å². The third-order valence-electron chi connectivity index (χ3n) is 6.44. The number of aromatic carboxylic acids is 1. The monoisotopic (exact) mass is 635 g/mol. The van der Waals surface area contributed by atoms with Crippen LogP contribution < -0.4 is 11.0 Å². The zero-order valence-corrected chi connectivity index (χ0v) is 23.0. The number of carboxylic acids is 1. The third kappa shape index (κ3) is 6.16. The maximum absolute atomic E-state index is 13.5. The Morgan fingerprint density at radius 1 is 1.11 bits per heavy atom. The van der Waals surface area contributed by atoms with E-state index in [9.17, 15) is 42.6 Å². The maximum atomic E-state index is 13.5. The van der Waals surface area contributed by atoms with Gasteiger partial charge in [-0.2, -0.15) is 17.9 Å². The summed E-state index contributed by atoms with van der Waals surface area (Å²) in [6, 6.07) is 8.25. The maximum Gasteiger partial charge on any atom is 0.416 e. The van der Waals surface area contributed by atoms with E-state index < -0.39 is 54.7 Å². The van der Waals surface area contributed by atoms with Gasteiger partial charge in [0.05, 0.1) is 6.54 Å². The fourth-order valence-corrected chi connectivity index (χ4v) is 4.45. The zero-order valence-electron chi connectivity index (χ0n) is 22.3. The number of aromatic nitrogens is 7. The molecule has 1 aliphatic rings. The number of aliphatic hydroxyl groups excluding tert-OH is 1. The lowest BCUT2D eigenvalue weighted by Gasteiger charge is -2.26. The van der Waals surface area contributed by atoms with Gasteiger partial charge in [-0.3, -0.25) is 14.2 Å². The lowest BCUT2D eigenvalue weighted by Crippen LogP contribution is -2.50. The Hall–Kier alpha value is -5.10. The summed E-state index contributed by atoms with van der Waals surface area (Å²) in [4.78, 5) is 60.0. The molecule has 4 heterocycles. The van der Waals surface area contributed by atoms with Gasteiger partial charge in [0, 0.05) is 29.9 Å². The molecule has 3 aromatic heterocycles. The lowest BCUT2D eigenvalue weighted by atomic mass is 10.2. The van der Waals surface area contributed by atoms with Gasteiger partial charge in [0.1, 0.15) is 18.7 Å². The van der Waals surface area contributed by atoms with Crippen LogP contribution in [0.1, 0.15) is 26.8 Å². The summed E-state index contributed by atoms with van der Waals surface area (Å²) >= 11 is 5.92. The number of carbonyl (C=O) groups is 3. The van der Waals surface area contributed by atoms with Gasteiger partial charge < -0.3 is 20.4 Å². The summed E-state index contributed by atoms with van der Waals surface area (Å²) in [6.07, 6.45) is -6.68. The van der Waals surface area contributed by atoms with Gasteiger partial charge in [0.25, 0.3) is 5.91 Å². The molecule has 1 atom stereocenters. The first-order chi connectivity index (χ1) is 20.8. The first-order valence-corrected chi connectivity index (χ1v) is 13.1. The van der Waals surface area contributed by atoms with E-state index in [4.69, 9.17) is 11.6 Å². The zero-order chi connectivity index (χ0) is 31.8. The molecule has 19 heteroatoms. The summed E-state index contributed by atoms with van der Waals surface area (Å²) in [7, 11) is 0. The van der Waals surface area contributed by atoms with Crippen LogP contribution in [-0.2, 0) is 17.9 Å². The van der Waals surface area contributed by atoms with E-state index in [1.807, 2.05) is 0 Å². The number of piperazine rings is 1. The van der Waals surface area contributed by atoms with Gasteiger partial charge in [-0.1, -0.05) is 11.6 Å². The number of hydrogen-bond donors (Lipinski definition) is 3. The fraction of sp³-hybridized carbons (Fsp3) is 0.280. The van der Waals surface area contributed by atoms with Gasteiger partial charge in [0.15, 0.2) is 23.6 Å². The Balaban J connectivity index is 1.60. The van der Waals surface area contributed by atoms with Crippen LogP contribution in [0.25, 0.3) is 17.2 Å². The van der Waals surface area contributed by atoms with Crippen molar-refractivity contribution < 1.29 is 37.8 Å². The molecular formula is C25H21ClF3N9O6. The van der Waals surface area contributed by atoms with Crippen molar-refractivity contribution in [1.29, 1.82) is 0 Å². The lowest BCUT2D eigenvalue weighted by molar-refractivity contribution is -0.207. The molecule has 0 bridgehead atoms. The number of halogens is 4. The van der Waals surface area contributed by atoms with Gasteiger partial charge in [-0.15, -0.1) is 10.2 Å². The van der Waals surface area contributed by atoms with E-state index in [0.717, 1.165) is 14.3 Å². The number of carboxylic acid groups (broad SMARTS) is 1. The van der Waals surface area contributed by atoms with Crippen molar-refractivity contribution in [2.45, 2.75) is 25.4 Å². The number of benzene rings is 1. The topological polar surface area (TPSA) is 190 Å². The number of hydrogen-bond acceptors (Lipinski definition) is 9. The fourth-order valence-electron chi connectivity index (χ4n) is 4.33. The predicted molar refractivity (Wildman–Crippen MR) is 143 cm³/mol. The highest BCUT2D eigenvalue weighted by Gasteiger charge is 2.39. The second kappa shape index (κ2) is 11.9. The van der Waals surface area contributed by atoms with Gasteiger partial charge in [-0.05, 0) is 36.4 Å². The molecule has 4 aromatic rings. The molecule has 1 fully saturated rings. The number of pyridine rings is 1. The summed E-state index contributed by atoms with van der Waals surface area (Å²) in [5, 5.41) is 30.6. The summed E-state index contributed by atoms with van der Waals surface area (Å²) in [6.45, 7) is -1.82. The van der Waals surface area contributed by atoms with Crippen molar-refractivity contribution in [2.24, 2.45) is 0 Å². The van der Waals surface area contributed by atoms with Crippen molar-refractivity contribution in [3.8, 4) is 17.2 Å². The smallest absolute Gasteiger partial charge is 0.416 e. The highest BCUT2D eigenvalue weighted by molar-refractivity contribution is 6.30. The van der Waals surface area contributed by atoms with E-state index in [1.165, 1.54) is 42.6 Å². The van der Waals surface area contributed by atoms with Crippen molar-refractivity contribution in [3.05, 3.63) is 75.3 Å². The minimum Gasteiger partial charge on any atom is -0.478 e. The number of rotatable bonds is 8. The van der Waals surface area contributed by atoms with Gasteiger partial charge in [0.2, 0.25) is 11.7 Å². The minimum absolute atomic E-state index is 0.108. The quantitative estimate of drug-likeness (QED) is 0.247. The third-order valence-corrected chi connectivity index (χ3v) is 6.69. The molecule has 0 spiro atoms.